The van der Waals surface area contributed by atoms with Gasteiger partial charge in [0.25, 0.3) is 0 Å². The molecule has 1 N–H and O–H groups in total. The Morgan fingerprint density at radius 1 is 1.35 bits per heavy atom. The van der Waals surface area contributed by atoms with Crippen molar-refractivity contribution in [2.24, 2.45) is 11.8 Å². The molecule has 3 nitrogen and oxygen atoms in total. The number of piperidine rings is 1. The van der Waals surface area contributed by atoms with E-state index >= 15 is 0 Å². The standard InChI is InChI=1S/C17H30N2O/c1-4-8-18-12-17-16(7-11-20-17)13-19-9-5-15(6-10-19)14(2)3/h7,11,14-15,18H,4-6,8-10,12-13H2,1-3H3. The van der Waals surface area contributed by atoms with Crippen LogP contribution in [0.1, 0.15) is 51.4 Å². The molecule has 1 aliphatic heterocycles. The van der Waals surface area contributed by atoms with Gasteiger partial charge in [-0.2, -0.15) is 0 Å². The number of hydrogen-bond acceptors (Lipinski definition) is 3. The van der Waals surface area contributed by atoms with E-state index in [1.807, 2.05) is 6.26 Å². The molecule has 0 saturated carbocycles. The quantitative estimate of drug-likeness (QED) is 0.772. The average molecular weight is 278 g/mol. The second-order valence-corrected chi connectivity index (χ2v) is 6.40. The molecule has 3 heteroatoms. The number of nitrogens with zero attached hydrogens (tertiary/aromatic N) is 1. The molecule has 0 unspecified atom stereocenters. The largest absolute Gasteiger partial charge is 0.468 e. The van der Waals surface area contributed by atoms with Crippen LogP contribution in [0.2, 0.25) is 0 Å². The first-order valence-corrected chi connectivity index (χ1v) is 8.19. The van der Waals surface area contributed by atoms with Crippen molar-refractivity contribution in [2.45, 2.75) is 53.1 Å². The van der Waals surface area contributed by atoms with E-state index in [-0.39, 0.29) is 0 Å². The van der Waals surface area contributed by atoms with Gasteiger partial charge < -0.3 is 9.73 Å². The number of hydrogen-bond donors (Lipinski definition) is 1. The van der Waals surface area contributed by atoms with Crippen LogP contribution in [0, 0.1) is 11.8 Å². The van der Waals surface area contributed by atoms with Gasteiger partial charge in [-0.1, -0.05) is 20.8 Å². The fourth-order valence-electron chi connectivity index (χ4n) is 3.06. The molecule has 2 heterocycles. The molecule has 114 valence electrons. The highest BCUT2D eigenvalue weighted by Gasteiger charge is 2.22. The van der Waals surface area contributed by atoms with Crippen LogP contribution in [-0.4, -0.2) is 24.5 Å². The zero-order valence-corrected chi connectivity index (χ0v) is 13.3. The summed E-state index contributed by atoms with van der Waals surface area (Å²) in [5.41, 5.74) is 1.36. The van der Waals surface area contributed by atoms with Crippen LogP contribution in [0.15, 0.2) is 16.7 Å². The lowest BCUT2D eigenvalue weighted by Gasteiger charge is -2.33. The lowest BCUT2D eigenvalue weighted by atomic mass is 9.86. The van der Waals surface area contributed by atoms with Crippen molar-refractivity contribution in [3.63, 3.8) is 0 Å². The van der Waals surface area contributed by atoms with E-state index in [9.17, 15) is 0 Å². The van der Waals surface area contributed by atoms with Gasteiger partial charge in [0.1, 0.15) is 5.76 Å². The third kappa shape index (κ3) is 4.35. The number of furan rings is 1. The molecule has 1 fully saturated rings. The third-order valence-corrected chi connectivity index (χ3v) is 4.52. The van der Waals surface area contributed by atoms with E-state index in [1.54, 1.807) is 0 Å². The van der Waals surface area contributed by atoms with Gasteiger partial charge in [0.2, 0.25) is 0 Å². The van der Waals surface area contributed by atoms with E-state index in [2.05, 4.69) is 37.1 Å². The third-order valence-electron chi connectivity index (χ3n) is 4.52. The molecule has 0 atom stereocenters. The van der Waals surface area contributed by atoms with Crippen LogP contribution < -0.4 is 5.32 Å². The van der Waals surface area contributed by atoms with Crippen molar-refractivity contribution in [1.29, 1.82) is 0 Å². The maximum atomic E-state index is 5.62. The minimum absolute atomic E-state index is 0.833. The first kappa shape index (κ1) is 15.6. The van der Waals surface area contributed by atoms with Gasteiger partial charge in [-0.05, 0) is 56.8 Å². The van der Waals surface area contributed by atoms with E-state index < -0.39 is 0 Å². The van der Waals surface area contributed by atoms with E-state index in [0.29, 0.717) is 0 Å². The van der Waals surface area contributed by atoms with Crippen molar-refractivity contribution in [3.8, 4) is 0 Å². The lowest BCUT2D eigenvalue weighted by molar-refractivity contribution is 0.151. The summed E-state index contributed by atoms with van der Waals surface area (Å²) in [4.78, 5) is 2.58. The van der Waals surface area contributed by atoms with E-state index in [1.165, 1.54) is 37.9 Å². The van der Waals surface area contributed by atoms with Crippen molar-refractivity contribution in [1.82, 2.24) is 10.2 Å². The smallest absolute Gasteiger partial charge is 0.122 e. The Morgan fingerprint density at radius 2 is 2.10 bits per heavy atom. The summed E-state index contributed by atoms with van der Waals surface area (Å²) in [6, 6.07) is 2.14. The summed E-state index contributed by atoms with van der Waals surface area (Å²) in [6.07, 6.45) is 5.69. The Bertz CT molecular complexity index is 378. The molecule has 0 aromatic carbocycles. The molecular formula is C17H30N2O. The monoisotopic (exact) mass is 278 g/mol. The maximum absolute atomic E-state index is 5.62. The van der Waals surface area contributed by atoms with Gasteiger partial charge in [0.05, 0.1) is 12.8 Å². The second-order valence-electron chi connectivity index (χ2n) is 6.40. The SMILES string of the molecule is CCCNCc1occc1CN1CCC(C(C)C)CC1. The predicted molar refractivity (Wildman–Crippen MR) is 83.5 cm³/mol. The van der Waals surface area contributed by atoms with Gasteiger partial charge in [-0.25, -0.2) is 0 Å². The summed E-state index contributed by atoms with van der Waals surface area (Å²) in [7, 11) is 0. The molecule has 1 aromatic rings. The minimum Gasteiger partial charge on any atom is -0.468 e. The molecule has 2 rings (SSSR count). The summed E-state index contributed by atoms with van der Waals surface area (Å²) in [5.74, 6) is 2.87. The van der Waals surface area contributed by atoms with Gasteiger partial charge in [0, 0.05) is 12.1 Å². The zero-order chi connectivity index (χ0) is 14.4. The Morgan fingerprint density at radius 3 is 2.75 bits per heavy atom. The second kappa shape index (κ2) is 7.84. The summed E-state index contributed by atoms with van der Waals surface area (Å²) >= 11 is 0. The molecule has 1 aliphatic rings. The van der Waals surface area contributed by atoms with Crippen molar-refractivity contribution in [3.05, 3.63) is 23.7 Å². The molecule has 0 bridgehead atoms. The highest BCUT2D eigenvalue weighted by molar-refractivity contribution is 5.17. The average Bonchev–Trinajstić information content (AvgIpc) is 2.87. The zero-order valence-electron chi connectivity index (χ0n) is 13.3. The minimum atomic E-state index is 0.833. The molecule has 0 radical (unpaired) electrons. The van der Waals surface area contributed by atoms with Gasteiger partial charge in [0.15, 0.2) is 0 Å². The van der Waals surface area contributed by atoms with E-state index in [0.717, 1.165) is 37.2 Å². The first-order valence-electron chi connectivity index (χ1n) is 8.19. The van der Waals surface area contributed by atoms with Gasteiger partial charge in [-0.15, -0.1) is 0 Å². The van der Waals surface area contributed by atoms with Crippen molar-refractivity contribution < 1.29 is 4.42 Å². The van der Waals surface area contributed by atoms with Crippen LogP contribution in [0.4, 0.5) is 0 Å². The number of nitrogens with one attached hydrogen (secondary N) is 1. The summed E-state index contributed by atoms with van der Waals surface area (Å²) in [6.45, 7) is 12.3. The highest BCUT2D eigenvalue weighted by atomic mass is 16.3. The maximum Gasteiger partial charge on any atom is 0.122 e. The Kier molecular flexibility index (Phi) is 6.11. The summed E-state index contributed by atoms with van der Waals surface area (Å²) in [5, 5.41) is 3.42. The van der Waals surface area contributed by atoms with Crippen LogP contribution in [-0.2, 0) is 13.1 Å². The van der Waals surface area contributed by atoms with Crippen molar-refractivity contribution >= 4 is 0 Å². The summed E-state index contributed by atoms with van der Waals surface area (Å²) < 4.78 is 5.62. The fraction of sp³-hybridized carbons (Fsp3) is 0.765. The molecule has 0 spiro atoms. The van der Waals surface area contributed by atoms with Crippen LogP contribution in [0.3, 0.4) is 0 Å². The number of likely N-dealkylation sites (tertiary alicyclic amines) is 1. The lowest BCUT2D eigenvalue weighted by Crippen LogP contribution is -2.35. The molecule has 1 aromatic heterocycles. The highest BCUT2D eigenvalue weighted by Crippen LogP contribution is 2.25. The van der Waals surface area contributed by atoms with Crippen molar-refractivity contribution in [2.75, 3.05) is 19.6 Å². The van der Waals surface area contributed by atoms with Crippen LogP contribution >= 0.6 is 0 Å². The van der Waals surface area contributed by atoms with E-state index in [4.69, 9.17) is 4.42 Å². The van der Waals surface area contributed by atoms with Crippen LogP contribution in [0.25, 0.3) is 0 Å². The van der Waals surface area contributed by atoms with Gasteiger partial charge >= 0.3 is 0 Å². The molecule has 1 saturated heterocycles. The first-order chi connectivity index (χ1) is 9.70. The van der Waals surface area contributed by atoms with Gasteiger partial charge in [-0.3, -0.25) is 4.90 Å². The predicted octanol–water partition coefficient (Wildman–Crippen LogP) is 3.65. The molecular weight excluding hydrogens is 248 g/mol. The Balaban J connectivity index is 1.81. The topological polar surface area (TPSA) is 28.4 Å². The molecule has 0 amide bonds. The Hall–Kier alpha value is -0.800. The number of rotatable bonds is 7. The molecule has 20 heavy (non-hydrogen) atoms. The fourth-order valence-corrected chi connectivity index (χ4v) is 3.06. The van der Waals surface area contributed by atoms with Crippen LogP contribution in [0.5, 0.6) is 0 Å². The Labute approximate surface area is 123 Å². The molecule has 0 aliphatic carbocycles. The normalized spacial score (nSPS) is 18.0.